The van der Waals surface area contributed by atoms with Gasteiger partial charge in [-0.05, 0) is 55.2 Å². The SMILES string of the molecule is C=C(C)CCc1c(O)cc(/C=C/c2ccc(OC)cc2)cc1OC. The van der Waals surface area contributed by atoms with Gasteiger partial charge in [-0.15, -0.1) is 6.58 Å². The zero-order valence-corrected chi connectivity index (χ0v) is 14.5. The van der Waals surface area contributed by atoms with Crippen LogP contribution in [0.25, 0.3) is 12.2 Å². The van der Waals surface area contributed by atoms with E-state index < -0.39 is 0 Å². The lowest BCUT2D eigenvalue weighted by atomic mass is 10.0. The summed E-state index contributed by atoms with van der Waals surface area (Å²) in [6.45, 7) is 5.89. The summed E-state index contributed by atoms with van der Waals surface area (Å²) >= 11 is 0. The Balaban J connectivity index is 2.22. The van der Waals surface area contributed by atoms with Crippen LogP contribution in [0.3, 0.4) is 0 Å². The Morgan fingerprint density at radius 2 is 1.71 bits per heavy atom. The number of aromatic hydroxyl groups is 1. The quantitative estimate of drug-likeness (QED) is 0.569. The molecule has 0 saturated carbocycles. The number of allylic oxidation sites excluding steroid dienone is 1. The average Bonchev–Trinajstić information content (AvgIpc) is 2.58. The van der Waals surface area contributed by atoms with Gasteiger partial charge in [-0.2, -0.15) is 0 Å². The predicted molar refractivity (Wildman–Crippen MR) is 99.7 cm³/mol. The minimum atomic E-state index is 0.255. The van der Waals surface area contributed by atoms with Crippen LogP contribution >= 0.6 is 0 Å². The van der Waals surface area contributed by atoms with Crippen LogP contribution in [0.15, 0.2) is 48.6 Å². The van der Waals surface area contributed by atoms with E-state index in [4.69, 9.17) is 9.47 Å². The standard InChI is InChI=1S/C21H24O3/c1-15(2)5-12-19-20(22)13-17(14-21(19)24-4)7-6-16-8-10-18(23-3)11-9-16/h6-11,13-14,22H,1,5,12H2,2-4H3/b7-6+. The Hall–Kier alpha value is -2.68. The van der Waals surface area contributed by atoms with Crippen LogP contribution in [-0.2, 0) is 6.42 Å². The van der Waals surface area contributed by atoms with Crippen molar-refractivity contribution < 1.29 is 14.6 Å². The van der Waals surface area contributed by atoms with E-state index in [1.807, 2.05) is 49.4 Å². The van der Waals surface area contributed by atoms with Crippen molar-refractivity contribution in [1.29, 1.82) is 0 Å². The maximum Gasteiger partial charge on any atom is 0.126 e. The molecule has 2 aromatic carbocycles. The highest BCUT2D eigenvalue weighted by atomic mass is 16.5. The predicted octanol–water partition coefficient (Wildman–Crippen LogP) is 5.09. The minimum absolute atomic E-state index is 0.255. The van der Waals surface area contributed by atoms with Gasteiger partial charge in [0.25, 0.3) is 0 Å². The second-order valence-electron chi connectivity index (χ2n) is 5.78. The van der Waals surface area contributed by atoms with Crippen LogP contribution in [0.1, 0.15) is 30.0 Å². The van der Waals surface area contributed by atoms with Crippen molar-refractivity contribution in [2.45, 2.75) is 19.8 Å². The van der Waals surface area contributed by atoms with Gasteiger partial charge in [0.1, 0.15) is 17.2 Å². The van der Waals surface area contributed by atoms with Gasteiger partial charge in [-0.25, -0.2) is 0 Å². The smallest absolute Gasteiger partial charge is 0.126 e. The highest BCUT2D eigenvalue weighted by Gasteiger charge is 2.10. The van der Waals surface area contributed by atoms with Gasteiger partial charge in [-0.1, -0.05) is 29.9 Å². The van der Waals surface area contributed by atoms with Crippen LogP contribution in [0, 0.1) is 0 Å². The Morgan fingerprint density at radius 1 is 1.04 bits per heavy atom. The molecule has 24 heavy (non-hydrogen) atoms. The number of methoxy groups -OCH3 is 2. The molecule has 0 aromatic heterocycles. The highest BCUT2D eigenvalue weighted by molar-refractivity contribution is 5.72. The number of hydrogen-bond donors (Lipinski definition) is 1. The molecule has 0 atom stereocenters. The van der Waals surface area contributed by atoms with E-state index in [9.17, 15) is 5.11 Å². The van der Waals surface area contributed by atoms with E-state index in [1.54, 1.807) is 20.3 Å². The van der Waals surface area contributed by atoms with Gasteiger partial charge in [0.2, 0.25) is 0 Å². The molecule has 0 spiro atoms. The average molecular weight is 324 g/mol. The minimum Gasteiger partial charge on any atom is -0.508 e. The summed E-state index contributed by atoms with van der Waals surface area (Å²) in [6.07, 6.45) is 5.48. The number of phenolic OH excluding ortho intramolecular Hbond substituents is 1. The third-order valence-electron chi connectivity index (χ3n) is 3.81. The summed E-state index contributed by atoms with van der Waals surface area (Å²) in [4.78, 5) is 0. The Kier molecular flexibility index (Phi) is 6.07. The molecule has 0 amide bonds. The van der Waals surface area contributed by atoms with E-state index in [0.717, 1.165) is 34.4 Å². The summed E-state index contributed by atoms with van der Waals surface area (Å²) in [5, 5.41) is 10.3. The first-order valence-corrected chi connectivity index (χ1v) is 7.90. The molecule has 2 rings (SSSR count). The van der Waals surface area contributed by atoms with Crippen molar-refractivity contribution in [2.75, 3.05) is 14.2 Å². The summed E-state index contributed by atoms with van der Waals surface area (Å²) in [7, 11) is 3.27. The summed E-state index contributed by atoms with van der Waals surface area (Å²) in [6, 6.07) is 11.5. The molecule has 0 saturated heterocycles. The first kappa shape index (κ1) is 17.7. The lowest BCUT2D eigenvalue weighted by molar-refractivity contribution is 0.399. The Morgan fingerprint density at radius 3 is 2.29 bits per heavy atom. The van der Waals surface area contributed by atoms with Crippen LogP contribution in [-0.4, -0.2) is 19.3 Å². The van der Waals surface area contributed by atoms with Crippen molar-refractivity contribution in [2.24, 2.45) is 0 Å². The van der Waals surface area contributed by atoms with Crippen LogP contribution < -0.4 is 9.47 Å². The Bertz CT molecular complexity index is 727. The van der Waals surface area contributed by atoms with E-state index in [0.29, 0.717) is 12.2 Å². The van der Waals surface area contributed by atoms with Crippen LogP contribution in [0.4, 0.5) is 0 Å². The number of hydrogen-bond acceptors (Lipinski definition) is 3. The van der Waals surface area contributed by atoms with Gasteiger partial charge in [0.15, 0.2) is 0 Å². The topological polar surface area (TPSA) is 38.7 Å². The molecule has 0 aliphatic heterocycles. The maximum atomic E-state index is 10.3. The molecule has 0 unspecified atom stereocenters. The van der Waals surface area contributed by atoms with E-state index in [2.05, 4.69) is 6.58 Å². The highest BCUT2D eigenvalue weighted by Crippen LogP contribution is 2.32. The Labute approximate surface area is 143 Å². The molecule has 0 fully saturated rings. The van der Waals surface area contributed by atoms with E-state index in [1.165, 1.54) is 0 Å². The van der Waals surface area contributed by atoms with Crippen molar-refractivity contribution >= 4 is 12.2 Å². The molecule has 3 heteroatoms. The van der Waals surface area contributed by atoms with Gasteiger partial charge >= 0.3 is 0 Å². The fourth-order valence-corrected chi connectivity index (χ4v) is 2.43. The van der Waals surface area contributed by atoms with Gasteiger partial charge in [0.05, 0.1) is 14.2 Å². The van der Waals surface area contributed by atoms with Crippen molar-refractivity contribution in [1.82, 2.24) is 0 Å². The molecule has 0 aliphatic carbocycles. The molecule has 2 aromatic rings. The largest absolute Gasteiger partial charge is 0.508 e. The van der Waals surface area contributed by atoms with Gasteiger partial charge in [0, 0.05) is 5.56 Å². The molecule has 126 valence electrons. The molecule has 0 radical (unpaired) electrons. The molecule has 1 N–H and O–H groups in total. The molecule has 0 aliphatic rings. The van der Waals surface area contributed by atoms with Gasteiger partial charge in [-0.3, -0.25) is 0 Å². The number of ether oxygens (including phenoxy) is 2. The number of phenols is 1. The molecular weight excluding hydrogens is 300 g/mol. The van der Waals surface area contributed by atoms with Crippen LogP contribution in [0.5, 0.6) is 17.2 Å². The normalized spacial score (nSPS) is 10.8. The fourth-order valence-electron chi connectivity index (χ4n) is 2.43. The molecule has 0 heterocycles. The third-order valence-corrected chi connectivity index (χ3v) is 3.81. The zero-order chi connectivity index (χ0) is 17.5. The third kappa shape index (κ3) is 4.66. The molecule has 3 nitrogen and oxygen atoms in total. The lowest BCUT2D eigenvalue weighted by Crippen LogP contribution is -1.95. The first-order chi connectivity index (χ1) is 11.5. The van der Waals surface area contributed by atoms with Crippen LogP contribution in [0.2, 0.25) is 0 Å². The van der Waals surface area contributed by atoms with Crippen molar-refractivity contribution in [3.63, 3.8) is 0 Å². The van der Waals surface area contributed by atoms with Crippen molar-refractivity contribution in [3.05, 3.63) is 65.2 Å². The maximum absolute atomic E-state index is 10.3. The molecular formula is C21H24O3. The zero-order valence-electron chi connectivity index (χ0n) is 14.5. The monoisotopic (exact) mass is 324 g/mol. The number of rotatable bonds is 7. The lowest BCUT2D eigenvalue weighted by Gasteiger charge is -2.12. The van der Waals surface area contributed by atoms with E-state index >= 15 is 0 Å². The second-order valence-corrected chi connectivity index (χ2v) is 5.78. The summed E-state index contributed by atoms with van der Waals surface area (Å²) in [5.41, 5.74) is 3.85. The number of benzene rings is 2. The summed E-state index contributed by atoms with van der Waals surface area (Å²) < 4.78 is 10.6. The first-order valence-electron chi connectivity index (χ1n) is 7.90. The van der Waals surface area contributed by atoms with Crippen molar-refractivity contribution in [3.8, 4) is 17.2 Å². The second kappa shape index (κ2) is 8.25. The van der Waals surface area contributed by atoms with Gasteiger partial charge < -0.3 is 14.6 Å². The molecule has 0 bridgehead atoms. The fraction of sp³-hybridized carbons (Fsp3) is 0.238. The summed E-state index contributed by atoms with van der Waals surface area (Å²) in [5.74, 6) is 1.78. The van der Waals surface area contributed by atoms with E-state index in [-0.39, 0.29) is 5.75 Å².